The van der Waals surface area contributed by atoms with Crippen molar-refractivity contribution in [2.24, 2.45) is 0 Å². The van der Waals surface area contributed by atoms with Gasteiger partial charge >= 0.3 is 5.97 Å². The number of hydrogen-bond acceptors (Lipinski definition) is 3. The predicted octanol–water partition coefficient (Wildman–Crippen LogP) is 2.88. The van der Waals surface area contributed by atoms with E-state index in [2.05, 4.69) is 5.32 Å². The fourth-order valence-corrected chi connectivity index (χ4v) is 1.57. The fraction of sp³-hybridized carbons (Fsp3) is 0. The molecule has 0 radical (unpaired) electrons. The Morgan fingerprint density at radius 3 is 2.67 bits per heavy atom. The molecule has 1 aromatic carbocycles. The number of hydrogen-bond donors (Lipinski definition) is 2. The van der Waals surface area contributed by atoms with Gasteiger partial charge in [0.15, 0.2) is 5.76 Å². The maximum absolute atomic E-state index is 11.7. The quantitative estimate of drug-likeness (QED) is 0.894. The Morgan fingerprint density at radius 2 is 2.06 bits per heavy atom. The maximum Gasteiger partial charge on any atom is 0.337 e. The van der Waals surface area contributed by atoms with E-state index in [0.717, 1.165) is 0 Å². The van der Waals surface area contributed by atoms with E-state index in [0.29, 0.717) is 5.69 Å². The van der Waals surface area contributed by atoms with Crippen LogP contribution in [-0.2, 0) is 0 Å². The third kappa shape index (κ3) is 2.52. The van der Waals surface area contributed by atoms with Crippen LogP contribution in [0.1, 0.15) is 20.9 Å². The summed E-state index contributed by atoms with van der Waals surface area (Å²) < 4.78 is 4.91. The number of furan rings is 1. The Morgan fingerprint density at radius 1 is 1.28 bits per heavy atom. The number of carbonyl (C=O) groups excluding carboxylic acids is 1. The van der Waals surface area contributed by atoms with E-state index in [1.165, 1.54) is 30.5 Å². The minimum Gasteiger partial charge on any atom is -0.478 e. The number of benzene rings is 1. The topological polar surface area (TPSA) is 79.5 Å². The lowest BCUT2D eigenvalue weighted by Crippen LogP contribution is -2.11. The smallest absolute Gasteiger partial charge is 0.337 e. The maximum atomic E-state index is 11.7. The molecule has 0 saturated carbocycles. The standard InChI is InChI=1S/C12H8ClNO4/c13-9-4-3-7(6-8(9)12(16)17)14-11(15)10-2-1-5-18-10/h1-6H,(H,14,15)(H,16,17). The summed E-state index contributed by atoms with van der Waals surface area (Å²) in [5.41, 5.74) is 0.257. The zero-order valence-corrected chi connectivity index (χ0v) is 9.77. The molecule has 2 N–H and O–H groups in total. The van der Waals surface area contributed by atoms with Crippen molar-refractivity contribution in [3.8, 4) is 0 Å². The molecular weight excluding hydrogens is 258 g/mol. The van der Waals surface area contributed by atoms with Gasteiger partial charge in [0.1, 0.15) is 0 Å². The van der Waals surface area contributed by atoms with Gasteiger partial charge in [0, 0.05) is 5.69 Å². The third-order valence-electron chi connectivity index (χ3n) is 2.20. The summed E-state index contributed by atoms with van der Waals surface area (Å²) in [6, 6.07) is 7.28. The SMILES string of the molecule is O=C(Nc1ccc(Cl)c(C(=O)O)c1)c1ccco1. The molecule has 92 valence electrons. The van der Waals surface area contributed by atoms with Gasteiger partial charge in [-0.05, 0) is 30.3 Å². The van der Waals surface area contributed by atoms with Crippen LogP contribution in [0.4, 0.5) is 5.69 Å². The highest BCUT2D eigenvalue weighted by molar-refractivity contribution is 6.33. The fourth-order valence-electron chi connectivity index (χ4n) is 1.37. The first-order chi connectivity index (χ1) is 8.58. The molecular formula is C12H8ClNO4. The minimum atomic E-state index is -1.16. The van der Waals surface area contributed by atoms with Crippen LogP contribution in [-0.4, -0.2) is 17.0 Å². The molecule has 0 fully saturated rings. The molecule has 0 spiro atoms. The number of anilines is 1. The second-order valence-corrected chi connectivity index (χ2v) is 3.84. The molecule has 0 saturated heterocycles. The average molecular weight is 266 g/mol. The zero-order chi connectivity index (χ0) is 13.1. The first-order valence-electron chi connectivity index (χ1n) is 4.95. The van der Waals surface area contributed by atoms with Crippen LogP contribution in [0.15, 0.2) is 41.0 Å². The van der Waals surface area contributed by atoms with Crippen LogP contribution in [0.2, 0.25) is 5.02 Å². The first-order valence-corrected chi connectivity index (χ1v) is 5.33. The Balaban J connectivity index is 2.22. The van der Waals surface area contributed by atoms with Crippen LogP contribution < -0.4 is 5.32 Å². The van der Waals surface area contributed by atoms with Gasteiger partial charge in [-0.25, -0.2) is 4.79 Å². The number of aromatic carboxylic acids is 1. The average Bonchev–Trinajstić information content (AvgIpc) is 2.85. The number of halogens is 1. The van der Waals surface area contributed by atoms with Crippen molar-refractivity contribution in [3.63, 3.8) is 0 Å². The Labute approximate surface area is 107 Å². The number of carbonyl (C=O) groups is 2. The molecule has 6 heteroatoms. The summed E-state index contributed by atoms with van der Waals surface area (Å²) in [6.07, 6.45) is 1.37. The molecule has 18 heavy (non-hydrogen) atoms. The molecule has 0 bridgehead atoms. The lowest BCUT2D eigenvalue weighted by Gasteiger charge is -2.05. The van der Waals surface area contributed by atoms with E-state index in [9.17, 15) is 9.59 Å². The predicted molar refractivity (Wildman–Crippen MR) is 65.1 cm³/mol. The van der Waals surface area contributed by atoms with Crippen LogP contribution >= 0.6 is 11.6 Å². The molecule has 0 unspecified atom stereocenters. The monoisotopic (exact) mass is 265 g/mol. The molecule has 5 nitrogen and oxygen atoms in total. The number of nitrogens with one attached hydrogen (secondary N) is 1. The molecule has 0 aliphatic carbocycles. The second-order valence-electron chi connectivity index (χ2n) is 3.43. The van der Waals surface area contributed by atoms with Gasteiger partial charge in [-0.2, -0.15) is 0 Å². The van der Waals surface area contributed by atoms with Gasteiger partial charge in [-0.1, -0.05) is 11.6 Å². The molecule has 0 atom stereocenters. The normalized spacial score (nSPS) is 10.1. The van der Waals surface area contributed by atoms with E-state index in [1.807, 2.05) is 0 Å². The van der Waals surface area contributed by atoms with E-state index in [1.54, 1.807) is 6.07 Å². The molecule has 2 aromatic rings. The van der Waals surface area contributed by atoms with Crippen molar-refractivity contribution in [1.29, 1.82) is 0 Å². The number of rotatable bonds is 3. The Hall–Kier alpha value is -2.27. The van der Waals surface area contributed by atoms with Crippen molar-refractivity contribution >= 4 is 29.2 Å². The van der Waals surface area contributed by atoms with Crippen molar-refractivity contribution in [3.05, 3.63) is 52.9 Å². The third-order valence-corrected chi connectivity index (χ3v) is 2.53. The van der Waals surface area contributed by atoms with E-state index in [-0.39, 0.29) is 16.3 Å². The first kappa shape index (κ1) is 12.2. The lowest BCUT2D eigenvalue weighted by molar-refractivity contribution is 0.0696. The van der Waals surface area contributed by atoms with Crippen molar-refractivity contribution in [2.45, 2.75) is 0 Å². The summed E-state index contributed by atoms with van der Waals surface area (Å²) in [6.45, 7) is 0. The van der Waals surface area contributed by atoms with Gasteiger partial charge in [-0.3, -0.25) is 4.79 Å². The van der Waals surface area contributed by atoms with Crippen LogP contribution in [0.5, 0.6) is 0 Å². The van der Waals surface area contributed by atoms with E-state index >= 15 is 0 Å². The largest absolute Gasteiger partial charge is 0.478 e. The highest BCUT2D eigenvalue weighted by atomic mass is 35.5. The summed E-state index contributed by atoms with van der Waals surface area (Å²) in [5, 5.41) is 11.5. The van der Waals surface area contributed by atoms with Crippen LogP contribution in [0, 0.1) is 0 Å². The molecule has 1 heterocycles. The van der Waals surface area contributed by atoms with E-state index in [4.69, 9.17) is 21.1 Å². The van der Waals surface area contributed by atoms with Crippen molar-refractivity contribution in [2.75, 3.05) is 5.32 Å². The van der Waals surface area contributed by atoms with E-state index < -0.39 is 11.9 Å². The number of carboxylic acid groups (broad SMARTS) is 1. The van der Waals surface area contributed by atoms with Crippen molar-refractivity contribution < 1.29 is 19.1 Å². The Bertz CT molecular complexity index is 592. The summed E-state index contributed by atoms with van der Waals surface area (Å²) in [7, 11) is 0. The lowest BCUT2D eigenvalue weighted by atomic mass is 10.2. The van der Waals surface area contributed by atoms with Gasteiger partial charge < -0.3 is 14.8 Å². The minimum absolute atomic E-state index is 0.0751. The van der Waals surface area contributed by atoms with Crippen LogP contribution in [0.3, 0.4) is 0 Å². The summed E-state index contributed by atoms with van der Waals surface area (Å²) >= 11 is 5.72. The molecule has 0 aliphatic rings. The van der Waals surface area contributed by atoms with Gasteiger partial charge in [0.05, 0.1) is 16.8 Å². The van der Waals surface area contributed by atoms with Gasteiger partial charge in [0.2, 0.25) is 0 Å². The molecule has 2 rings (SSSR count). The highest BCUT2D eigenvalue weighted by Gasteiger charge is 2.12. The highest BCUT2D eigenvalue weighted by Crippen LogP contribution is 2.21. The second kappa shape index (κ2) is 4.93. The molecule has 1 aromatic heterocycles. The van der Waals surface area contributed by atoms with Gasteiger partial charge in [-0.15, -0.1) is 0 Å². The number of amides is 1. The zero-order valence-electron chi connectivity index (χ0n) is 9.01. The molecule has 1 amide bonds. The number of carboxylic acids is 1. The Kier molecular flexibility index (Phi) is 3.34. The van der Waals surface area contributed by atoms with Crippen molar-refractivity contribution in [1.82, 2.24) is 0 Å². The molecule has 0 aliphatic heterocycles. The summed E-state index contributed by atoms with van der Waals surface area (Å²) in [4.78, 5) is 22.5. The van der Waals surface area contributed by atoms with Crippen LogP contribution in [0.25, 0.3) is 0 Å². The summed E-state index contributed by atoms with van der Waals surface area (Å²) in [5.74, 6) is -1.48. The van der Waals surface area contributed by atoms with Gasteiger partial charge in [0.25, 0.3) is 5.91 Å².